The quantitative estimate of drug-likeness (QED) is 0.413. The predicted molar refractivity (Wildman–Crippen MR) is 49.3 cm³/mol. The molecule has 0 aromatic carbocycles. The van der Waals surface area contributed by atoms with Crippen molar-refractivity contribution in [2.75, 3.05) is 0 Å². The summed E-state index contributed by atoms with van der Waals surface area (Å²) in [5.74, 6) is -1.66. The second kappa shape index (κ2) is 6.36. The van der Waals surface area contributed by atoms with Crippen molar-refractivity contribution in [3.63, 3.8) is 0 Å². The number of carbonyl (C=O) groups is 2. The molecule has 0 aromatic heterocycles. The number of hydrogen-bond acceptors (Lipinski definition) is 5. The number of nitrogens with two attached hydrogens (primary N) is 1. The summed E-state index contributed by atoms with van der Waals surface area (Å²) < 4.78 is 0. The van der Waals surface area contributed by atoms with Crippen molar-refractivity contribution in [1.29, 1.82) is 0 Å². The molecule has 0 heterocycles. The van der Waals surface area contributed by atoms with E-state index in [9.17, 15) is 19.8 Å². The fourth-order valence-corrected chi connectivity index (χ4v) is 1.59. The summed E-state index contributed by atoms with van der Waals surface area (Å²) in [5, 5.41) is 22.6. The minimum atomic E-state index is -1.34. The van der Waals surface area contributed by atoms with Crippen LogP contribution in [0.3, 0.4) is 0 Å². The van der Waals surface area contributed by atoms with Gasteiger partial charge in [0.1, 0.15) is 0 Å². The third kappa shape index (κ3) is 3.88. The molecule has 84 valence electrons. The van der Waals surface area contributed by atoms with Gasteiger partial charge in [-0.25, -0.2) is 0 Å². The molecule has 16 heavy (non-hydrogen) atoms. The van der Waals surface area contributed by atoms with Gasteiger partial charge in [-0.2, -0.15) is 0 Å². The molecular weight excluding hydrogens is 223 g/mol. The first-order valence-electron chi connectivity index (χ1n) is 4.54. The maximum atomic E-state index is 10.8. The number of hydrogen-bond donors (Lipinski definition) is 3. The number of aliphatic hydroxyl groups is 1. The van der Waals surface area contributed by atoms with E-state index in [4.69, 9.17) is 5.73 Å². The Labute approximate surface area is 115 Å². The van der Waals surface area contributed by atoms with Crippen molar-refractivity contribution in [2.45, 2.75) is 31.5 Å². The van der Waals surface area contributed by atoms with Crippen LogP contribution in [0.5, 0.6) is 0 Å². The van der Waals surface area contributed by atoms with Crippen LogP contribution in [0.1, 0.15) is 13.3 Å². The summed E-state index contributed by atoms with van der Waals surface area (Å²) in [7, 11) is 0. The molecule has 0 bridgehead atoms. The molecule has 6 nitrogen and oxygen atoms in total. The third-order valence-corrected chi connectivity index (χ3v) is 2.29. The molecule has 3 atom stereocenters. The van der Waals surface area contributed by atoms with E-state index in [1.165, 1.54) is 6.92 Å². The Kier molecular flexibility index (Phi) is 6.20. The third-order valence-electron chi connectivity index (χ3n) is 2.29. The van der Waals surface area contributed by atoms with Gasteiger partial charge in [-0.1, -0.05) is 0 Å². The normalized spacial score (nSPS) is 28.7. The molecule has 0 spiro atoms. The van der Waals surface area contributed by atoms with E-state index in [0.29, 0.717) is 0 Å². The maximum Gasteiger partial charge on any atom is 1.00 e. The van der Waals surface area contributed by atoms with Gasteiger partial charge in [-0.15, -0.1) is 0 Å². The van der Waals surface area contributed by atoms with Crippen LogP contribution < -0.4 is 45.7 Å². The van der Waals surface area contributed by atoms with Crippen LogP contribution in [0.25, 0.3) is 0 Å². The molecule has 0 fully saturated rings. The molecule has 0 saturated heterocycles. The standard InChI is InChI=1S/C9H14N2O4.Na/c1-4(12)11-8-6(10)2-5(9(14)15)3-7(8)13;/h3,6-8,13H,2,10H2,1H3,(H,11,12)(H,14,15);/q;+1/p-1/t6-,7-,8-;/m1./s1. The van der Waals surface area contributed by atoms with Gasteiger partial charge in [-0.3, -0.25) is 4.79 Å². The second-order valence-corrected chi connectivity index (χ2v) is 3.56. The van der Waals surface area contributed by atoms with Crippen LogP contribution in [-0.4, -0.2) is 35.2 Å². The molecule has 0 aromatic rings. The summed E-state index contributed by atoms with van der Waals surface area (Å²) in [6, 6.07) is -1.27. The largest absolute Gasteiger partial charge is 1.00 e. The summed E-state index contributed by atoms with van der Waals surface area (Å²) >= 11 is 0. The van der Waals surface area contributed by atoms with Crippen molar-refractivity contribution in [1.82, 2.24) is 5.32 Å². The van der Waals surface area contributed by atoms with Crippen LogP contribution in [0.4, 0.5) is 0 Å². The van der Waals surface area contributed by atoms with E-state index in [2.05, 4.69) is 5.32 Å². The van der Waals surface area contributed by atoms with E-state index in [0.717, 1.165) is 6.08 Å². The van der Waals surface area contributed by atoms with Crippen LogP contribution >= 0.6 is 0 Å². The van der Waals surface area contributed by atoms with Crippen LogP contribution in [0.15, 0.2) is 11.6 Å². The number of rotatable bonds is 2. The maximum absolute atomic E-state index is 10.8. The monoisotopic (exact) mass is 236 g/mol. The molecule has 0 aliphatic heterocycles. The average molecular weight is 236 g/mol. The number of nitrogens with one attached hydrogen (secondary N) is 1. The van der Waals surface area contributed by atoms with Gasteiger partial charge in [0.15, 0.2) is 0 Å². The van der Waals surface area contributed by atoms with Crippen molar-refractivity contribution in [3.05, 3.63) is 11.6 Å². The Hall–Kier alpha value is -0.400. The molecule has 0 unspecified atom stereocenters. The Morgan fingerprint density at radius 1 is 1.62 bits per heavy atom. The smallest absolute Gasteiger partial charge is 0.545 e. The summed E-state index contributed by atoms with van der Waals surface area (Å²) in [6.07, 6.45) is 0.134. The Balaban J connectivity index is 0.00000225. The molecular formula is C9H13N2NaO4. The number of aliphatic hydroxyl groups excluding tert-OH is 1. The first-order chi connectivity index (χ1) is 6.91. The Bertz CT molecular complexity index is 319. The summed E-state index contributed by atoms with van der Waals surface area (Å²) in [4.78, 5) is 21.3. The molecule has 0 saturated carbocycles. The zero-order chi connectivity index (χ0) is 11.6. The van der Waals surface area contributed by atoms with Gasteiger partial charge in [0.25, 0.3) is 0 Å². The molecule has 1 amide bonds. The van der Waals surface area contributed by atoms with Crippen LogP contribution in [0, 0.1) is 0 Å². The van der Waals surface area contributed by atoms with Gasteiger partial charge in [0, 0.05) is 13.0 Å². The minimum Gasteiger partial charge on any atom is -0.545 e. The first kappa shape index (κ1) is 15.6. The van der Waals surface area contributed by atoms with E-state index in [1.807, 2.05) is 0 Å². The average Bonchev–Trinajstić information content (AvgIpc) is 2.10. The fraction of sp³-hybridized carbons (Fsp3) is 0.556. The molecule has 1 aliphatic carbocycles. The molecule has 1 rings (SSSR count). The Morgan fingerprint density at radius 2 is 2.19 bits per heavy atom. The number of carboxylic acid groups (broad SMARTS) is 1. The number of carboxylic acids is 1. The van der Waals surface area contributed by atoms with Crippen molar-refractivity contribution in [2.24, 2.45) is 5.73 Å². The summed E-state index contributed by atoms with van der Waals surface area (Å²) in [6.45, 7) is 1.30. The van der Waals surface area contributed by atoms with E-state index < -0.39 is 24.2 Å². The van der Waals surface area contributed by atoms with Crippen LogP contribution in [0.2, 0.25) is 0 Å². The van der Waals surface area contributed by atoms with Gasteiger partial charge >= 0.3 is 29.6 Å². The molecule has 1 aliphatic rings. The van der Waals surface area contributed by atoms with Crippen LogP contribution in [-0.2, 0) is 9.59 Å². The Morgan fingerprint density at radius 3 is 2.56 bits per heavy atom. The number of amides is 1. The minimum absolute atomic E-state index is 0. The predicted octanol–water partition coefficient (Wildman–Crippen LogP) is -5.74. The number of carbonyl (C=O) groups excluding carboxylic acids is 2. The van der Waals surface area contributed by atoms with Crippen molar-refractivity contribution >= 4 is 11.9 Å². The van der Waals surface area contributed by atoms with Gasteiger partial charge in [-0.05, 0) is 18.1 Å². The SMILES string of the molecule is CC(=O)N[C@H]1[C@H](O)C=C(C(=O)[O-])C[C@H]1N.[Na+]. The van der Waals surface area contributed by atoms with E-state index in [-0.39, 0.29) is 47.5 Å². The zero-order valence-corrected chi connectivity index (χ0v) is 11.3. The van der Waals surface area contributed by atoms with Crippen molar-refractivity contribution < 1.29 is 49.4 Å². The molecule has 0 radical (unpaired) electrons. The molecule has 4 N–H and O–H groups in total. The summed E-state index contributed by atoms with van der Waals surface area (Å²) in [5.41, 5.74) is 5.61. The van der Waals surface area contributed by atoms with Gasteiger partial charge in [0.2, 0.25) is 5.91 Å². The van der Waals surface area contributed by atoms with E-state index >= 15 is 0 Å². The number of aliphatic carboxylic acids is 1. The van der Waals surface area contributed by atoms with Gasteiger partial charge < -0.3 is 26.1 Å². The second-order valence-electron chi connectivity index (χ2n) is 3.56. The van der Waals surface area contributed by atoms with Crippen molar-refractivity contribution in [3.8, 4) is 0 Å². The molecule has 7 heteroatoms. The first-order valence-corrected chi connectivity index (χ1v) is 4.54. The zero-order valence-electron chi connectivity index (χ0n) is 9.27. The van der Waals surface area contributed by atoms with E-state index in [1.54, 1.807) is 0 Å². The van der Waals surface area contributed by atoms with Gasteiger partial charge in [0.05, 0.1) is 18.1 Å². The topological polar surface area (TPSA) is 115 Å². The fourth-order valence-electron chi connectivity index (χ4n) is 1.59.